The lowest BCUT2D eigenvalue weighted by Crippen LogP contribution is -2.47. The molecule has 2 rings (SSSR count). The summed E-state index contributed by atoms with van der Waals surface area (Å²) in [5.74, 6) is -0.318. The van der Waals surface area contributed by atoms with Gasteiger partial charge in [-0.05, 0) is 11.6 Å². The second kappa shape index (κ2) is 5.48. The van der Waals surface area contributed by atoms with Gasteiger partial charge in [-0.3, -0.25) is 9.88 Å². The Morgan fingerprint density at radius 3 is 3.18 bits per heavy atom. The summed E-state index contributed by atoms with van der Waals surface area (Å²) in [6.45, 7) is 2.65. The largest absolute Gasteiger partial charge is 0.391 e. The van der Waals surface area contributed by atoms with Crippen molar-refractivity contribution in [3.8, 4) is 0 Å². The second-order valence-electron chi connectivity index (χ2n) is 4.01. The minimum atomic E-state index is -0.318. The first kappa shape index (κ1) is 12.3. The lowest BCUT2D eigenvalue weighted by atomic mass is 10.2. The van der Waals surface area contributed by atoms with E-state index in [0.29, 0.717) is 24.7 Å². The van der Waals surface area contributed by atoms with Crippen molar-refractivity contribution in [1.82, 2.24) is 9.88 Å². The molecule has 0 radical (unpaired) electrons. The van der Waals surface area contributed by atoms with E-state index < -0.39 is 0 Å². The molecule has 1 aromatic rings. The van der Waals surface area contributed by atoms with Crippen LogP contribution >= 0.6 is 12.2 Å². The number of aromatic nitrogens is 1. The molecule has 1 aromatic heterocycles. The molecule has 0 aliphatic carbocycles. The van der Waals surface area contributed by atoms with Gasteiger partial charge in [-0.1, -0.05) is 12.2 Å². The summed E-state index contributed by atoms with van der Waals surface area (Å²) >= 11 is 4.91. The molecule has 1 unspecified atom stereocenters. The maximum atomic E-state index is 13.0. The molecule has 17 heavy (non-hydrogen) atoms. The standard InChI is InChI=1S/C11H14FN3OS/c12-9-3-8(4-14-5-9)6-15-1-2-16-10(7-15)11(13)17/h3-5,10H,1-2,6-7H2,(H2,13,17). The molecule has 1 saturated heterocycles. The van der Waals surface area contributed by atoms with Crippen LogP contribution in [0.2, 0.25) is 0 Å². The molecule has 0 amide bonds. The molecule has 1 aliphatic rings. The number of pyridine rings is 1. The maximum Gasteiger partial charge on any atom is 0.141 e. The zero-order valence-electron chi connectivity index (χ0n) is 9.30. The number of nitrogens with two attached hydrogens (primary N) is 1. The van der Waals surface area contributed by atoms with Crippen LogP contribution in [0.4, 0.5) is 4.39 Å². The lowest BCUT2D eigenvalue weighted by molar-refractivity contribution is 0.00385. The zero-order valence-corrected chi connectivity index (χ0v) is 10.1. The molecular formula is C11H14FN3OS. The van der Waals surface area contributed by atoms with Gasteiger partial charge in [0.2, 0.25) is 0 Å². The first-order valence-corrected chi connectivity index (χ1v) is 5.78. The molecule has 1 atom stereocenters. The van der Waals surface area contributed by atoms with Crippen molar-refractivity contribution in [2.24, 2.45) is 5.73 Å². The van der Waals surface area contributed by atoms with Crippen LogP contribution in [0.5, 0.6) is 0 Å². The van der Waals surface area contributed by atoms with Gasteiger partial charge in [-0.15, -0.1) is 0 Å². The summed E-state index contributed by atoms with van der Waals surface area (Å²) in [4.78, 5) is 6.32. The van der Waals surface area contributed by atoms with Crippen LogP contribution in [-0.4, -0.2) is 40.7 Å². The highest BCUT2D eigenvalue weighted by atomic mass is 32.1. The second-order valence-corrected chi connectivity index (χ2v) is 4.48. The molecule has 4 nitrogen and oxygen atoms in total. The van der Waals surface area contributed by atoms with Crippen LogP contribution in [0.3, 0.4) is 0 Å². The Labute approximate surface area is 105 Å². The van der Waals surface area contributed by atoms with Crippen LogP contribution in [0.25, 0.3) is 0 Å². The summed E-state index contributed by atoms with van der Waals surface area (Å²) < 4.78 is 18.4. The van der Waals surface area contributed by atoms with E-state index in [9.17, 15) is 4.39 Å². The number of nitrogens with zero attached hydrogens (tertiary/aromatic N) is 2. The number of hydrogen-bond donors (Lipinski definition) is 1. The summed E-state index contributed by atoms with van der Waals surface area (Å²) in [6.07, 6.45) is 2.65. The summed E-state index contributed by atoms with van der Waals surface area (Å²) in [5.41, 5.74) is 6.40. The molecule has 0 bridgehead atoms. The minimum Gasteiger partial charge on any atom is -0.391 e. The molecule has 2 heterocycles. The summed E-state index contributed by atoms with van der Waals surface area (Å²) in [5, 5.41) is 0. The molecular weight excluding hydrogens is 241 g/mol. The van der Waals surface area contributed by atoms with E-state index in [4.69, 9.17) is 22.7 Å². The van der Waals surface area contributed by atoms with Gasteiger partial charge in [0, 0.05) is 25.8 Å². The van der Waals surface area contributed by atoms with Gasteiger partial charge in [-0.25, -0.2) is 4.39 Å². The number of hydrogen-bond acceptors (Lipinski definition) is 4. The molecule has 6 heteroatoms. The van der Waals surface area contributed by atoms with Crippen LogP contribution in [0.1, 0.15) is 5.56 Å². The van der Waals surface area contributed by atoms with Crippen molar-refractivity contribution in [3.63, 3.8) is 0 Å². The van der Waals surface area contributed by atoms with E-state index in [1.807, 2.05) is 0 Å². The average Bonchev–Trinajstić information content (AvgIpc) is 2.29. The first-order chi connectivity index (χ1) is 8.15. The Balaban J connectivity index is 1.97. The predicted molar refractivity (Wildman–Crippen MR) is 66.0 cm³/mol. The van der Waals surface area contributed by atoms with Crippen molar-refractivity contribution in [1.29, 1.82) is 0 Å². The first-order valence-electron chi connectivity index (χ1n) is 5.38. The van der Waals surface area contributed by atoms with Crippen molar-refractivity contribution < 1.29 is 9.13 Å². The number of ether oxygens (including phenoxy) is 1. The van der Waals surface area contributed by atoms with Gasteiger partial charge in [0.15, 0.2) is 0 Å². The number of thiocarbonyl (C=S) groups is 1. The van der Waals surface area contributed by atoms with Gasteiger partial charge in [0.05, 0.1) is 12.8 Å². The third kappa shape index (κ3) is 3.42. The third-order valence-electron chi connectivity index (χ3n) is 2.64. The summed E-state index contributed by atoms with van der Waals surface area (Å²) in [6, 6.07) is 1.48. The lowest BCUT2D eigenvalue weighted by Gasteiger charge is -2.32. The van der Waals surface area contributed by atoms with E-state index in [1.165, 1.54) is 12.3 Å². The Bertz CT molecular complexity index is 415. The van der Waals surface area contributed by atoms with E-state index in [-0.39, 0.29) is 11.9 Å². The maximum absolute atomic E-state index is 13.0. The Kier molecular flexibility index (Phi) is 3.98. The van der Waals surface area contributed by atoms with E-state index in [1.54, 1.807) is 6.20 Å². The number of rotatable bonds is 3. The Morgan fingerprint density at radius 2 is 2.47 bits per heavy atom. The quantitative estimate of drug-likeness (QED) is 0.806. The minimum absolute atomic E-state index is 0.208. The van der Waals surface area contributed by atoms with Gasteiger partial charge in [0.25, 0.3) is 0 Å². The fourth-order valence-corrected chi connectivity index (χ4v) is 1.96. The molecule has 0 aromatic carbocycles. The molecule has 92 valence electrons. The highest BCUT2D eigenvalue weighted by molar-refractivity contribution is 7.80. The Hall–Kier alpha value is -1.11. The van der Waals surface area contributed by atoms with Crippen LogP contribution in [0, 0.1) is 5.82 Å². The SMILES string of the molecule is NC(=S)C1CN(Cc2cncc(F)c2)CCO1. The van der Waals surface area contributed by atoms with Gasteiger partial charge >= 0.3 is 0 Å². The topological polar surface area (TPSA) is 51.4 Å². The monoisotopic (exact) mass is 255 g/mol. The molecule has 0 spiro atoms. The van der Waals surface area contributed by atoms with E-state index in [2.05, 4.69) is 9.88 Å². The van der Waals surface area contributed by atoms with Crippen LogP contribution < -0.4 is 5.73 Å². The van der Waals surface area contributed by atoms with Crippen molar-refractivity contribution in [3.05, 3.63) is 29.8 Å². The number of morpholine rings is 1. The summed E-state index contributed by atoms with van der Waals surface area (Å²) in [7, 11) is 0. The normalized spacial score (nSPS) is 21.4. The molecule has 1 fully saturated rings. The molecule has 0 saturated carbocycles. The van der Waals surface area contributed by atoms with Crippen molar-refractivity contribution in [2.75, 3.05) is 19.7 Å². The van der Waals surface area contributed by atoms with E-state index >= 15 is 0 Å². The van der Waals surface area contributed by atoms with Crippen molar-refractivity contribution in [2.45, 2.75) is 12.6 Å². The molecule has 1 aliphatic heterocycles. The highest BCUT2D eigenvalue weighted by Crippen LogP contribution is 2.10. The van der Waals surface area contributed by atoms with Gasteiger partial charge < -0.3 is 10.5 Å². The molecule has 2 N–H and O–H groups in total. The third-order valence-corrected chi connectivity index (χ3v) is 2.90. The smallest absolute Gasteiger partial charge is 0.141 e. The van der Waals surface area contributed by atoms with Crippen LogP contribution in [0.15, 0.2) is 18.5 Å². The fourth-order valence-electron chi connectivity index (χ4n) is 1.82. The van der Waals surface area contributed by atoms with Crippen molar-refractivity contribution >= 4 is 17.2 Å². The zero-order chi connectivity index (χ0) is 12.3. The van der Waals surface area contributed by atoms with Gasteiger partial charge in [-0.2, -0.15) is 0 Å². The van der Waals surface area contributed by atoms with Crippen LogP contribution in [-0.2, 0) is 11.3 Å². The Morgan fingerprint density at radius 1 is 1.65 bits per heavy atom. The average molecular weight is 255 g/mol. The van der Waals surface area contributed by atoms with E-state index in [0.717, 1.165) is 12.1 Å². The van der Waals surface area contributed by atoms with Gasteiger partial charge in [0.1, 0.15) is 16.9 Å². The number of halogens is 1. The fraction of sp³-hybridized carbons (Fsp3) is 0.455. The highest BCUT2D eigenvalue weighted by Gasteiger charge is 2.22. The predicted octanol–water partition coefficient (Wildman–Crippen LogP) is 0.708.